The zero-order chi connectivity index (χ0) is 16.4. The molecule has 0 radical (unpaired) electrons. The molecule has 1 aromatic carbocycles. The Morgan fingerprint density at radius 3 is 2.71 bits per heavy atom. The summed E-state index contributed by atoms with van der Waals surface area (Å²) in [7, 11) is 0. The van der Waals surface area contributed by atoms with Crippen molar-refractivity contribution in [2.75, 3.05) is 11.9 Å². The number of nitrogens with zero attached hydrogens (tertiary/aromatic N) is 2. The molecule has 1 aliphatic heterocycles. The van der Waals surface area contributed by atoms with Gasteiger partial charge in [-0.3, -0.25) is 9.69 Å². The number of guanidine groups is 1. The minimum absolute atomic E-state index is 0. The monoisotopic (exact) mass is 375 g/mol. The van der Waals surface area contributed by atoms with Crippen LogP contribution in [0.2, 0.25) is 0 Å². The van der Waals surface area contributed by atoms with E-state index in [2.05, 4.69) is 10.3 Å². The third-order valence-electron chi connectivity index (χ3n) is 3.26. The van der Waals surface area contributed by atoms with Crippen molar-refractivity contribution in [1.82, 2.24) is 4.90 Å². The molecule has 2 aromatic rings. The van der Waals surface area contributed by atoms with Crippen LogP contribution >= 0.6 is 23.7 Å². The first-order chi connectivity index (χ1) is 10.9. The molecule has 0 bridgehead atoms. The van der Waals surface area contributed by atoms with Crippen LogP contribution in [-0.2, 0) is 17.5 Å². The van der Waals surface area contributed by atoms with E-state index in [4.69, 9.17) is 0 Å². The number of anilines is 1. The number of benzene rings is 1. The van der Waals surface area contributed by atoms with Gasteiger partial charge in [0.1, 0.15) is 6.54 Å². The average Bonchev–Trinajstić information content (AvgIpc) is 3.12. The quantitative estimate of drug-likeness (QED) is 0.881. The molecule has 0 unspecified atom stereocenters. The SMILES string of the molecule is Cl.O=C1CN=C(Nc2cccc(C(F)(F)F)c2)N1Cc1cccs1. The molecule has 24 heavy (non-hydrogen) atoms. The van der Waals surface area contributed by atoms with Gasteiger partial charge < -0.3 is 5.32 Å². The number of nitrogens with one attached hydrogen (secondary N) is 1. The van der Waals surface area contributed by atoms with Gasteiger partial charge in [0.05, 0.1) is 12.1 Å². The molecule has 3 rings (SSSR count). The maximum Gasteiger partial charge on any atom is 0.416 e. The third-order valence-corrected chi connectivity index (χ3v) is 4.12. The van der Waals surface area contributed by atoms with E-state index in [0.717, 1.165) is 17.0 Å². The summed E-state index contributed by atoms with van der Waals surface area (Å²) < 4.78 is 38.3. The highest BCUT2D eigenvalue weighted by Crippen LogP contribution is 2.30. The first kappa shape index (κ1) is 18.3. The van der Waals surface area contributed by atoms with Crippen molar-refractivity contribution in [3.05, 3.63) is 52.2 Å². The van der Waals surface area contributed by atoms with Crippen molar-refractivity contribution in [1.29, 1.82) is 0 Å². The van der Waals surface area contributed by atoms with E-state index < -0.39 is 11.7 Å². The molecule has 0 spiro atoms. The van der Waals surface area contributed by atoms with E-state index in [1.54, 1.807) is 0 Å². The van der Waals surface area contributed by atoms with E-state index in [1.807, 2.05) is 17.5 Å². The van der Waals surface area contributed by atoms with Gasteiger partial charge in [0.2, 0.25) is 5.96 Å². The number of carbonyl (C=O) groups excluding carboxylic acids is 1. The highest BCUT2D eigenvalue weighted by Gasteiger charge is 2.31. The fourth-order valence-corrected chi connectivity index (χ4v) is 2.85. The number of hydrogen-bond donors (Lipinski definition) is 1. The number of rotatable bonds is 3. The highest BCUT2D eigenvalue weighted by atomic mass is 35.5. The first-order valence-corrected chi connectivity index (χ1v) is 7.63. The van der Waals surface area contributed by atoms with E-state index in [9.17, 15) is 18.0 Å². The lowest BCUT2D eigenvalue weighted by molar-refractivity contribution is -0.137. The number of hydrogen-bond acceptors (Lipinski definition) is 4. The molecule has 9 heteroatoms. The number of carbonyl (C=O) groups is 1. The minimum atomic E-state index is -4.42. The Hall–Kier alpha value is -2.06. The zero-order valence-electron chi connectivity index (χ0n) is 12.2. The molecule has 4 nitrogen and oxygen atoms in total. The van der Waals surface area contributed by atoms with Gasteiger partial charge in [0, 0.05) is 10.6 Å². The predicted molar refractivity (Wildman–Crippen MR) is 89.5 cm³/mol. The van der Waals surface area contributed by atoms with Crippen LogP contribution in [0.1, 0.15) is 10.4 Å². The molecule has 1 aliphatic rings. The summed E-state index contributed by atoms with van der Waals surface area (Å²) in [6, 6.07) is 8.57. The average molecular weight is 376 g/mol. The summed E-state index contributed by atoms with van der Waals surface area (Å²) in [5.74, 6) is 0.0793. The van der Waals surface area contributed by atoms with Gasteiger partial charge in [-0.15, -0.1) is 23.7 Å². The van der Waals surface area contributed by atoms with E-state index in [0.29, 0.717) is 6.54 Å². The van der Waals surface area contributed by atoms with Crippen LogP contribution in [0.4, 0.5) is 18.9 Å². The molecular formula is C15H13ClF3N3OS. The van der Waals surface area contributed by atoms with E-state index >= 15 is 0 Å². The predicted octanol–water partition coefficient (Wildman–Crippen LogP) is 4.00. The molecule has 1 amide bonds. The topological polar surface area (TPSA) is 44.7 Å². The van der Waals surface area contributed by atoms with Crippen molar-refractivity contribution in [2.45, 2.75) is 12.7 Å². The van der Waals surface area contributed by atoms with Gasteiger partial charge in [-0.1, -0.05) is 12.1 Å². The Morgan fingerprint density at radius 2 is 2.04 bits per heavy atom. The second-order valence-electron chi connectivity index (χ2n) is 4.90. The molecule has 1 N–H and O–H groups in total. The largest absolute Gasteiger partial charge is 0.416 e. The molecule has 0 fully saturated rings. The van der Waals surface area contributed by atoms with E-state index in [1.165, 1.54) is 28.4 Å². The van der Waals surface area contributed by atoms with Gasteiger partial charge in [-0.05, 0) is 29.6 Å². The van der Waals surface area contributed by atoms with Gasteiger partial charge >= 0.3 is 6.18 Å². The molecule has 128 valence electrons. The number of halogens is 4. The van der Waals surface area contributed by atoms with Gasteiger partial charge in [-0.25, -0.2) is 4.99 Å². The molecule has 0 aliphatic carbocycles. The normalized spacial score (nSPS) is 14.4. The van der Waals surface area contributed by atoms with Crippen molar-refractivity contribution < 1.29 is 18.0 Å². The first-order valence-electron chi connectivity index (χ1n) is 6.75. The Kier molecular flexibility index (Phi) is 5.51. The second-order valence-corrected chi connectivity index (χ2v) is 5.93. The Labute approximate surface area is 146 Å². The number of thiophene rings is 1. The summed E-state index contributed by atoms with van der Waals surface area (Å²) in [4.78, 5) is 18.4. The highest BCUT2D eigenvalue weighted by molar-refractivity contribution is 7.09. The number of aliphatic imine (C=N–C) groups is 1. The molecule has 0 saturated carbocycles. The fourth-order valence-electron chi connectivity index (χ4n) is 2.16. The summed E-state index contributed by atoms with van der Waals surface area (Å²) in [5, 5.41) is 4.70. The van der Waals surface area contributed by atoms with Crippen LogP contribution in [0.3, 0.4) is 0 Å². The Bertz CT molecular complexity index is 747. The lowest BCUT2D eigenvalue weighted by Crippen LogP contribution is -2.36. The number of amides is 1. The smallest absolute Gasteiger partial charge is 0.326 e. The number of alkyl halides is 3. The third kappa shape index (κ3) is 4.07. The Morgan fingerprint density at radius 1 is 1.25 bits per heavy atom. The van der Waals surface area contributed by atoms with Crippen LogP contribution in [0.15, 0.2) is 46.8 Å². The summed E-state index contributed by atoms with van der Waals surface area (Å²) >= 11 is 1.50. The maximum atomic E-state index is 12.8. The van der Waals surface area contributed by atoms with Crippen LogP contribution in [-0.4, -0.2) is 23.3 Å². The summed E-state index contributed by atoms with van der Waals surface area (Å²) in [5.41, 5.74) is -0.512. The van der Waals surface area contributed by atoms with Crippen LogP contribution in [0, 0.1) is 0 Å². The van der Waals surface area contributed by atoms with Crippen molar-refractivity contribution >= 4 is 41.3 Å². The molecule has 0 atom stereocenters. The molecule has 1 aromatic heterocycles. The lowest BCUT2D eigenvalue weighted by Gasteiger charge is -2.19. The van der Waals surface area contributed by atoms with Gasteiger partial charge in [0.15, 0.2) is 0 Å². The van der Waals surface area contributed by atoms with Gasteiger partial charge in [-0.2, -0.15) is 13.2 Å². The van der Waals surface area contributed by atoms with Crippen LogP contribution < -0.4 is 5.32 Å². The van der Waals surface area contributed by atoms with Crippen molar-refractivity contribution in [3.8, 4) is 0 Å². The Balaban J connectivity index is 0.00000208. The van der Waals surface area contributed by atoms with Crippen LogP contribution in [0.5, 0.6) is 0 Å². The lowest BCUT2D eigenvalue weighted by atomic mass is 10.2. The second kappa shape index (κ2) is 7.23. The van der Waals surface area contributed by atoms with E-state index in [-0.39, 0.29) is 36.5 Å². The summed E-state index contributed by atoms with van der Waals surface area (Å²) in [6.45, 7) is 0.341. The standard InChI is InChI=1S/C15H12F3N3OS.ClH/c16-15(17,18)10-3-1-4-11(7-10)20-14-19-8-13(22)21(14)9-12-5-2-6-23-12;/h1-7H,8-9H2,(H,19,20);1H. The molecule has 2 heterocycles. The summed E-state index contributed by atoms with van der Waals surface area (Å²) in [6.07, 6.45) is -4.42. The molecular weight excluding hydrogens is 363 g/mol. The maximum absolute atomic E-state index is 12.8. The van der Waals surface area contributed by atoms with Crippen LogP contribution in [0.25, 0.3) is 0 Å². The minimum Gasteiger partial charge on any atom is -0.326 e. The zero-order valence-corrected chi connectivity index (χ0v) is 13.8. The van der Waals surface area contributed by atoms with Crippen molar-refractivity contribution in [3.63, 3.8) is 0 Å². The fraction of sp³-hybridized carbons (Fsp3) is 0.200. The van der Waals surface area contributed by atoms with Crippen molar-refractivity contribution in [2.24, 2.45) is 4.99 Å². The molecule has 0 saturated heterocycles. The van der Waals surface area contributed by atoms with Gasteiger partial charge in [0.25, 0.3) is 5.91 Å².